The number of piperidine rings is 1. The lowest BCUT2D eigenvalue weighted by Crippen LogP contribution is -2.44. The van der Waals surface area contributed by atoms with Gasteiger partial charge in [0.1, 0.15) is 11.6 Å². The molecule has 0 saturated carbocycles. The maximum Gasteiger partial charge on any atom is 0.240 e. The number of benzene rings is 3. The molecule has 0 bridgehead atoms. The van der Waals surface area contributed by atoms with Crippen LogP contribution in [-0.4, -0.2) is 53.1 Å². The van der Waals surface area contributed by atoms with E-state index in [9.17, 15) is 9.18 Å². The van der Waals surface area contributed by atoms with Crippen molar-refractivity contribution >= 4 is 39.9 Å². The third kappa shape index (κ3) is 6.46. The fourth-order valence-corrected chi connectivity index (χ4v) is 5.49. The number of imidazole rings is 1. The molecule has 1 aliphatic rings. The van der Waals surface area contributed by atoms with Crippen molar-refractivity contribution in [1.29, 1.82) is 0 Å². The molecular formula is C31H36ClFN6O. The van der Waals surface area contributed by atoms with Crippen LogP contribution in [0.1, 0.15) is 29.8 Å². The number of nitrogens with zero attached hydrogens (tertiary/aromatic N) is 4. The quantitative estimate of drug-likeness (QED) is 0.295. The van der Waals surface area contributed by atoms with Crippen LogP contribution in [0, 0.1) is 5.82 Å². The average molecular weight is 563 g/mol. The summed E-state index contributed by atoms with van der Waals surface area (Å²) >= 11 is 6.16. The average Bonchev–Trinajstić information content (AvgIpc) is 3.28. The topological polar surface area (TPSA) is 79.4 Å². The molecule has 0 aliphatic carbocycles. The van der Waals surface area contributed by atoms with Crippen LogP contribution in [0.4, 0.5) is 15.8 Å². The van der Waals surface area contributed by atoms with Gasteiger partial charge in [-0.2, -0.15) is 0 Å². The Hall–Kier alpha value is -3.46. The highest BCUT2D eigenvalue weighted by molar-refractivity contribution is 6.33. The Morgan fingerprint density at radius 1 is 1.07 bits per heavy atom. The van der Waals surface area contributed by atoms with Gasteiger partial charge < -0.3 is 20.5 Å². The summed E-state index contributed by atoms with van der Waals surface area (Å²) in [6.07, 6.45) is 3.49. The second kappa shape index (κ2) is 12.4. The third-order valence-corrected chi connectivity index (χ3v) is 8.16. The predicted octanol–water partition coefficient (Wildman–Crippen LogP) is 5.15. The third-order valence-electron chi connectivity index (χ3n) is 7.85. The Labute approximate surface area is 239 Å². The molecule has 40 heavy (non-hydrogen) atoms. The molecule has 0 spiro atoms. The van der Waals surface area contributed by atoms with Crippen LogP contribution < -0.4 is 16.0 Å². The molecule has 210 valence electrons. The first-order valence-electron chi connectivity index (χ1n) is 13.7. The van der Waals surface area contributed by atoms with Gasteiger partial charge in [-0.25, -0.2) is 9.37 Å². The maximum atomic E-state index is 13.3. The van der Waals surface area contributed by atoms with Crippen LogP contribution in [0.25, 0.3) is 11.0 Å². The molecule has 3 N–H and O–H groups in total. The Morgan fingerprint density at radius 2 is 1.80 bits per heavy atom. The molecule has 0 radical (unpaired) electrons. The fraction of sp³-hybridized carbons (Fsp3) is 0.355. The van der Waals surface area contributed by atoms with Crippen LogP contribution in [0.15, 0.2) is 60.7 Å². The second-order valence-electron chi connectivity index (χ2n) is 10.6. The molecule has 1 saturated heterocycles. The molecule has 2 heterocycles. The highest BCUT2D eigenvalue weighted by Gasteiger charge is 2.23. The number of rotatable bonds is 9. The molecule has 0 unspecified atom stereocenters. The van der Waals surface area contributed by atoms with Crippen molar-refractivity contribution in [2.24, 2.45) is 12.8 Å². The fourth-order valence-electron chi connectivity index (χ4n) is 5.27. The second-order valence-corrected chi connectivity index (χ2v) is 11.0. The van der Waals surface area contributed by atoms with E-state index >= 15 is 0 Å². The van der Waals surface area contributed by atoms with Crippen LogP contribution in [0.2, 0.25) is 5.02 Å². The predicted molar refractivity (Wildman–Crippen MR) is 160 cm³/mol. The first-order valence-corrected chi connectivity index (χ1v) is 14.1. The first-order chi connectivity index (χ1) is 19.3. The number of amides is 1. The lowest BCUT2D eigenvalue weighted by molar-refractivity contribution is -0.119. The number of nitrogens with one attached hydrogen (secondary N) is 1. The van der Waals surface area contributed by atoms with Crippen molar-refractivity contribution < 1.29 is 9.18 Å². The molecule has 1 amide bonds. The van der Waals surface area contributed by atoms with Crippen LogP contribution in [-0.2, 0) is 31.2 Å². The summed E-state index contributed by atoms with van der Waals surface area (Å²) in [5.74, 6) is 0.715. The van der Waals surface area contributed by atoms with Crippen molar-refractivity contribution in [2.75, 3.05) is 36.9 Å². The molecule has 1 fully saturated rings. The molecule has 7 nitrogen and oxygen atoms in total. The highest BCUT2D eigenvalue weighted by Crippen LogP contribution is 2.26. The Morgan fingerprint density at radius 3 is 2.50 bits per heavy atom. The van der Waals surface area contributed by atoms with Gasteiger partial charge in [-0.05, 0) is 66.8 Å². The zero-order chi connectivity index (χ0) is 28.2. The molecule has 3 aromatic carbocycles. The van der Waals surface area contributed by atoms with Gasteiger partial charge in [-0.1, -0.05) is 35.9 Å². The van der Waals surface area contributed by atoms with Crippen LogP contribution in [0.5, 0.6) is 0 Å². The number of carbonyl (C=O) groups is 1. The minimum atomic E-state index is -0.347. The number of likely N-dealkylation sites (N-methyl/N-ethyl adjacent to an activating group) is 1. The number of likely N-dealkylation sites (tertiary alicyclic amines) is 1. The highest BCUT2D eigenvalue weighted by atomic mass is 35.5. The Balaban J connectivity index is 1.16. The standard InChI is InChI=1S/C31H36ClFN6O/c1-37(31(40)20-39-15-13-24(14-16-39)35-27-10-8-23(33)17-26(27)32)25-9-11-29-28(18-25)36-30(38(29)2)12-7-21-3-5-22(19-34)6-4-21/h3-6,8-11,17-18,24,35H,7,12-16,19-20,34H2,1-2H3. The molecule has 1 aromatic heterocycles. The number of hydrogen-bond donors (Lipinski definition) is 2. The molecule has 4 aromatic rings. The Bertz CT molecular complexity index is 1480. The van der Waals surface area contributed by atoms with Gasteiger partial charge in [0.25, 0.3) is 0 Å². The zero-order valence-electron chi connectivity index (χ0n) is 23.0. The first kappa shape index (κ1) is 28.1. The lowest BCUT2D eigenvalue weighted by Gasteiger charge is -2.33. The number of anilines is 2. The number of halogens is 2. The van der Waals surface area contributed by atoms with E-state index in [1.165, 1.54) is 17.7 Å². The van der Waals surface area contributed by atoms with Gasteiger partial charge in [0.15, 0.2) is 0 Å². The monoisotopic (exact) mass is 562 g/mol. The van der Waals surface area contributed by atoms with Gasteiger partial charge in [0.2, 0.25) is 5.91 Å². The van der Waals surface area contributed by atoms with Crippen molar-refractivity contribution in [2.45, 2.75) is 38.3 Å². The van der Waals surface area contributed by atoms with Crippen molar-refractivity contribution in [3.63, 3.8) is 0 Å². The van der Waals surface area contributed by atoms with E-state index in [4.69, 9.17) is 22.3 Å². The van der Waals surface area contributed by atoms with E-state index in [1.807, 2.05) is 32.3 Å². The number of carbonyl (C=O) groups excluding carboxylic acids is 1. The van der Waals surface area contributed by atoms with Crippen LogP contribution in [0.3, 0.4) is 0 Å². The summed E-state index contributed by atoms with van der Waals surface area (Å²) < 4.78 is 15.5. The molecule has 0 atom stereocenters. The number of aromatic nitrogens is 2. The van der Waals surface area contributed by atoms with Gasteiger partial charge in [0, 0.05) is 51.9 Å². The smallest absolute Gasteiger partial charge is 0.240 e. The maximum absolute atomic E-state index is 13.3. The van der Waals surface area contributed by atoms with Gasteiger partial charge in [-0.15, -0.1) is 0 Å². The van der Waals surface area contributed by atoms with E-state index in [2.05, 4.69) is 39.0 Å². The summed E-state index contributed by atoms with van der Waals surface area (Å²) in [5, 5.41) is 3.79. The van der Waals surface area contributed by atoms with Gasteiger partial charge in [-0.3, -0.25) is 9.69 Å². The van der Waals surface area contributed by atoms with Crippen molar-refractivity contribution in [1.82, 2.24) is 14.5 Å². The summed E-state index contributed by atoms with van der Waals surface area (Å²) in [6, 6.07) is 19.1. The SMILES string of the molecule is CN(C(=O)CN1CCC(Nc2ccc(F)cc2Cl)CC1)c1ccc2c(c1)nc(CCc1ccc(CN)cc1)n2C. The van der Waals surface area contributed by atoms with E-state index in [1.54, 1.807) is 11.0 Å². The minimum Gasteiger partial charge on any atom is -0.381 e. The molecular weight excluding hydrogens is 527 g/mol. The van der Waals surface area contributed by atoms with Crippen molar-refractivity contribution in [3.8, 4) is 0 Å². The zero-order valence-corrected chi connectivity index (χ0v) is 23.8. The number of fused-ring (bicyclic) bond motifs is 1. The number of nitrogens with two attached hydrogens (primary N) is 1. The molecule has 9 heteroatoms. The summed E-state index contributed by atoms with van der Waals surface area (Å²) in [7, 11) is 3.86. The van der Waals surface area contributed by atoms with Crippen molar-refractivity contribution in [3.05, 3.63) is 88.5 Å². The van der Waals surface area contributed by atoms with Crippen LogP contribution >= 0.6 is 11.6 Å². The summed E-state index contributed by atoms with van der Waals surface area (Å²) in [4.78, 5) is 21.9. The van der Waals surface area contributed by atoms with Gasteiger partial charge >= 0.3 is 0 Å². The number of aryl methyl sites for hydroxylation is 3. The van der Waals surface area contributed by atoms with Gasteiger partial charge in [0.05, 0.1) is 28.3 Å². The van der Waals surface area contributed by atoms with E-state index in [-0.39, 0.29) is 17.8 Å². The minimum absolute atomic E-state index is 0.0458. The molecule has 5 rings (SSSR count). The molecule has 1 aliphatic heterocycles. The summed E-state index contributed by atoms with van der Waals surface area (Å²) in [5.41, 5.74) is 11.6. The Kier molecular flexibility index (Phi) is 8.69. The summed E-state index contributed by atoms with van der Waals surface area (Å²) in [6.45, 7) is 2.51. The van der Waals surface area contributed by atoms with E-state index in [0.29, 0.717) is 18.1 Å². The van der Waals surface area contributed by atoms with E-state index < -0.39 is 0 Å². The number of hydrogen-bond acceptors (Lipinski definition) is 5. The van der Waals surface area contributed by atoms with E-state index in [0.717, 1.165) is 72.6 Å². The lowest BCUT2D eigenvalue weighted by atomic mass is 10.0. The largest absolute Gasteiger partial charge is 0.381 e. The normalized spacial score (nSPS) is 14.5.